The number of aromatic amines is 1. The van der Waals surface area contributed by atoms with Crippen LogP contribution in [0.15, 0.2) is 66.3 Å². The number of pyridine rings is 1. The van der Waals surface area contributed by atoms with Gasteiger partial charge in [-0.05, 0) is 53.4 Å². The topological polar surface area (TPSA) is 71.1 Å². The Bertz CT molecular complexity index is 1140. The average molecular weight is 402 g/mol. The lowest BCUT2D eigenvalue weighted by Crippen LogP contribution is -2.28. The van der Waals surface area contributed by atoms with Crippen LogP contribution in [0.5, 0.6) is 5.75 Å². The molecule has 1 amide bonds. The van der Waals surface area contributed by atoms with Gasteiger partial charge < -0.3 is 9.64 Å². The maximum absolute atomic E-state index is 13.3. The second-order valence-electron chi connectivity index (χ2n) is 6.80. The molecule has 29 heavy (non-hydrogen) atoms. The molecule has 0 saturated heterocycles. The molecule has 0 bridgehead atoms. The van der Waals surface area contributed by atoms with E-state index in [0.717, 1.165) is 33.0 Å². The van der Waals surface area contributed by atoms with Crippen molar-refractivity contribution in [1.82, 2.24) is 20.1 Å². The molecule has 144 valence electrons. The van der Waals surface area contributed by atoms with E-state index < -0.39 is 0 Å². The zero-order valence-corrected chi connectivity index (χ0v) is 16.5. The maximum atomic E-state index is 13.3. The largest absolute Gasteiger partial charge is 0.497 e. The van der Waals surface area contributed by atoms with Gasteiger partial charge in [-0.3, -0.25) is 14.9 Å². The molecule has 0 aliphatic carbocycles. The van der Waals surface area contributed by atoms with Crippen LogP contribution in [-0.2, 0) is 6.54 Å². The first-order valence-electron chi connectivity index (χ1n) is 9.22. The number of H-pyrrole nitrogens is 1. The molecule has 0 saturated carbocycles. The summed E-state index contributed by atoms with van der Waals surface area (Å²) in [5.74, 6) is 0.744. The van der Waals surface area contributed by atoms with E-state index in [-0.39, 0.29) is 11.9 Å². The Hall–Kier alpha value is -3.45. The molecular weight excluding hydrogens is 384 g/mol. The zero-order valence-electron chi connectivity index (χ0n) is 15.7. The second kappa shape index (κ2) is 7.18. The van der Waals surface area contributed by atoms with Gasteiger partial charge in [0.2, 0.25) is 0 Å². The van der Waals surface area contributed by atoms with Gasteiger partial charge in [0.05, 0.1) is 18.8 Å². The molecule has 7 heteroatoms. The number of methoxy groups -OCH3 is 1. The third-order valence-electron chi connectivity index (χ3n) is 5.14. The number of amides is 1. The minimum atomic E-state index is -0.179. The van der Waals surface area contributed by atoms with E-state index >= 15 is 0 Å². The van der Waals surface area contributed by atoms with Crippen LogP contribution in [0, 0.1) is 0 Å². The Labute approximate surface area is 171 Å². The normalized spacial score (nSPS) is 15.6. The van der Waals surface area contributed by atoms with Crippen LogP contribution in [0.4, 0.5) is 0 Å². The van der Waals surface area contributed by atoms with Crippen LogP contribution in [0.2, 0.25) is 0 Å². The first kappa shape index (κ1) is 17.6. The first-order valence-corrected chi connectivity index (χ1v) is 10.1. The molecule has 1 aromatic carbocycles. The van der Waals surface area contributed by atoms with E-state index in [4.69, 9.17) is 4.74 Å². The summed E-state index contributed by atoms with van der Waals surface area (Å²) in [5.41, 5.74) is 4.27. The van der Waals surface area contributed by atoms with E-state index in [1.807, 2.05) is 52.7 Å². The summed E-state index contributed by atoms with van der Waals surface area (Å²) in [4.78, 5) is 20.4. The summed E-state index contributed by atoms with van der Waals surface area (Å²) in [7, 11) is 1.64. The predicted molar refractivity (Wildman–Crippen MR) is 111 cm³/mol. The third kappa shape index (κ3) is 3.00. The monoisotopic (exact) mass is 402 g/mol. The quantitative estimate of drug-likeness (QED) is 0.541. The number of nitrogens with zero attached hydrogens (tertiary/aromatic N) is 3. The number of fused-ring (bicyclic) bond motifs is 1. The Morgan fingerprint density at radius 2 is 1.93 bits per heavy atom. The fraction of sp³-hybridized carbons (Fsp3) is 0.136. The smallest absolute Gasteiger partial charge is 0.273 e. The number of thiophene rings is 1. The zero-order chi connectivity index (χ0) is 19.8. The predicted octanol–water partition coefficient (Wildman–Crippen LogP) is 4.29. The molecular formula is C22H18N4O2S. The standard InChI is InChI=1S/C22H18N4O2S/c1-28-16-6-4-15(5-7-16)19-18-20(25-24-19)22(27)26(13-14-8-10-23-11-9-14)21(18)17-3-2-12-29-17/h2-12,21H,13H2,1H3,(H,24,25). The molecule has 3 aromatic heterocycles. The summed E-state index contributed by atoms with van der Waals surface area (Å²) in [6.45, 7) is 0.508. The second-order valence-corrected chi connectivity index (χ2v) is 7.78. The van der Waals surface area contributed by atoms with Crippen molar-refractivity contribution in [2.24, 2.45) is 0 Å². The number of benzene rings is 1. The van der Waals surface area contributed by atoms with Crippen molar-refractivity contribution in [3.63, 3.8) is 0 Å². The first-order chi connectivity index (χ1) is 14.3. The van der Waals surface area contributed by atoms with Crippen molar-refractivity contribution in [1.29, 1.82) is 0 Å². The van der Waals surface area contributed by atoms with E-state index in [0.29, 0.717) is 12.2 Å². The van der Waals surface area contributed by atoms with Crippen molar-refractivity contribution in [3.8, 4) is 17.0 Å². The minimum Gasteiger partial charge on any atom is -0.497 e. The molecule has 1 atom stereocenters. The Balaban J connectivity index is 1.61. The number of carbonyl (C=O) groups is 1. The van der Waals surface area contributed by atoms with Crippen LogP contribution >= 0.6 is 11.3 Å². The number of ether oxygens (including phenoxy) is 1. The SMILES string of the molecule is COc1ccc(-c2n[nH]c3c2C(c2cccs2)N(Cc2ccncc2)C3=O)cc1. The van der Waals surface area contributed by atoms with Crippen molar-refractivity contribution in [2.75, 3.05) is 7.11 Å². The number of nitrogens with one attached hydrogen (secondary N) is 1. The van der Waals surface area contributed by atoms with Gasteiger partial charge in [0.25, 0.3) is 5.91 Å². The van der Waals surface area contributed by atoms with Crippen LogP contribution in [0.25, 0.3) is 11.3 Å². The third-order valence-corrected chi connectivity index (χ3v) is 6.07. The van der Waals surface area contributed by atoms with Crippen molar-refractivity contribution < 1.29 is 9.53 Å². The van der Waals surface area contributed by atoms with Crippen molar-refractivity contribution >= 4 is 17.2 Å². The number of rotatable bonds is 5. The average Bonchev–Trinajstić information content (AvgIpc) is 3.49. The lowest BCUT2D eigenvalue weighted by atomic mass is 10.0. The van der Waals surface area contributed by atoms with Crippen LogP contribution < -0.4 is 4.74 Å². The van der Waals surface area contributed by atoms with Gasteiger partial charge in [0.1, 0.15) is 11.4 Å². The molecule has 0 spiro atoms. The summed E-state index contributed by atoms with van der Waals surface area (Å²) in [5, 5.41) is 9.52. The van der Waals surface area contributed by atoms with Crippen LogP contribution in [0.1, 0.15) is 32.5 Å². The highest BCUT2D eigenvalue weighted by molar-refractivity contribution is 7.10. The van der Waals surface area contributed by atoms with E-state index in [1.54, 1.807) is 30.8 Å². The Kier molecular flexibility index (Phi) is 4.37. The van der Waals surface area contributed by atoms with E-state index in [9.17, 15) is 4.79 Å². The number of hydrogen-bond donors (Lipinski definition) is 1. The molecule has 0 fully saturated rings. The highest BCUT2D eigenvalue weighted by Gasteiger charge is 2.42. The minimum absolute atomic E-state index is 0.0394. The fourth-order valence-corrected chi connectivity index (χ4v) is 4.60. The van der Waals surface area contributed by atoms with Gasteiger partial charge in [-0.2, -0.15) is 5.10 Å². The molecule has 1 unspecified atom stereocenters. The summed E-state index contributed by atoms with van der Waals surface area (Å²) in [6, 6.07) is 15.5. The fourth-order valence-electron chi connectivity index (χ4n) is 3.76. The molecule has 1 N–H and O–H groups in total. The number of aromatic nitrogens is 3. The van der Waals surface area contributed by atoms with Crippen molar-refractivity contribution in [2.45, 2.75) is 12.6 Å². The highest BCUT2D eigenvalue weighted by atomic mass is 32.1. The Morgan fingerprint density at radius 3 is 2.62 bits per heavy atom. The Morgan fingerprint density at radius 1 is 1.14 bits per heavy atom. The molecule has 4 aromatic rings. The molecule has 5 rings (SSSR count). The molecule has 1 aliphatic rings. The molecule has 1 aliphatic heterocycles. The lowest BCUT2D eigenvalue weighted by molar-refractivity contribution is 0.0732. The van der Waals surface area contributed by atoms with Gasteiger partial charge in [-0.15, -0.1) is 11.3 Å². The summed E-state index contributed by atoms with van der Waals surface area (Å²) >= 11 is 1.65. The molecule has 4 heterocycles. The number of hydrogen-bond acceptors (Lipinski definition) is 5. The maximum Gasteiger partial charge on any atom is 0.273 e. The molecule has 0 radical (unpaired) electrons. The van der Waals surface area contributed by atoms with Gasteiger partial charge in [0, 0.05) is 34.9 Å². The van der Waals surface area contributed by atoms with E-state index in [1.165, 1.54) is 0 Å². The van der Waals surface area contributed by atoms with Gasteiger partial charge in [0.15, 0.2) is 0 Å². The lowest BCUT2D eigenvalue weighted by Gasteiger charge is -2.25. The van der Waals surface area contributed by atoms with E-state index in [2.05, 4.69) is 21.2 Å². The van der Waals surface area contributed by atoms with Gasteiger partial charge in [-0.25, -0.2) is 0 Å². The highest BCUT2D eigenvalue weighted by Crippen LogP contribution is 2.44. The van der Waals surface area contributed by atoms with Crippen LogP contribution in [0.3, 0.4) is 0 Å². The summed E-state index contributed by atoms with van der Waals surface area (Å²) < 4.78 is 5.27. The van der Waals surface area contributed by atoms with Gasteiger partial charge >= 0.3 is 0 Å². The van der Waals surface area contributed by atoms with Gasteiger partial charge in [-0.1, -0.05) is 6.07 Å². The number of carbonyl (C=O) groups excluding carboxylic acids is 1. The van der Waals surface area contributed by atoms with Crippen LogP contribution in [-0.4, -0.2) is 33.1 Å². The molecule has 6 nitrogen and oxygen atoms in total. The summed E-state index contributed by atoms with van der Waals surface area (Å²) in [6.07, 6.45) is 3.50. The van der Waals surface area contributed by atoms with Crippen molar-refractivity contribution in [3.05, 3.63) is 88.0 Å².